The van der Waals surface area contributed by atoms with Crippen LogP contribution in [0.5, 0.6) is 5.75 Å². The summed E-state index contributed by atoms with van der Waals surface area (Å²) in [6, 6.07) is 16.7. The van der Waals surface area contributed by atoms with E-state index in [1.165, 1.54) is 11.1 Å². The van der Waals surface area contributed by atoms with Gasteiger partial charge in [-0.05, 0) is 43.0 Å². The molecule has 2 rings (SSSR count). The van der Waals surface area contributed by atoms with Gasteiger partial charge < -0.3 is 10.5 Å². The van der Waals surface area contributed by atoms with Crippen LogP contribution in [0.2, 0.25) is 0 Å². The van der Waals surface area contributed by atoms with Crippen molar-refractivity contribution in [2.75, 3.05) is 6.61 Å². The number of rotatable bonds is 7. The number of hydrogen-bond acceptors (Lipinski definition) is 2. The summed E-state index contributed by atoms with van der Waals surface area (Å²) < 4.78 is 5.67. The molecule has 1 unspecified atom stereocenters. The first kappa shape index (κ1) is 15.6. The molecule has 0 saturated heterocycles. The molecule has 112 valence electrons. The van der Waals surface area contributed by atoms with Crippen LogP contribution in [0.1, 0.15) is 42.5 Å². The minimum absolute atomic E-state index is 0.0245. The quantitative estimate of drug-likeness (QED) is 0.764. The van der Waals surface area contributed by atoms with Crippen LogP contribution in [0.25, 0.3) is 0 Å². The van der Waals surface area contributed by atoms with Crippen molar-refractivity contribution in [2.45, 2.75) is 39.2 Å². The monoisotopic (exact) mass is 283 g/mol. The van der Waals surface area contributed by atoms with Crippen LogP contribution >= 0.6 is 0 Å². The summed E-state index contributed by atoms with van der Waals surface area (Å²) in [6.07, 6.45) is 3.10. The van der Waals surface area contributed by atoms with Crippen LogP contribution in [-0.4, -0.2) is 6.61 Å². The fourth-order valence-corrected chi connectivity index (χ4v) is 2.36. The first-order chi connectivity index (χ1) is 10.2. The Morgan fingerprint density at radius 2 is 1.86 bits per heavy atom. The molecule has 0 saturated carbocycles. The van der Waals surface area contributed by atoms with E-state index in [0.717, 1.165) is 37.2 Å². The number of benzene rings is 2. The Hall–Kier alpha value is -1.80. The van der Waals surface area contributed by atoms with E-state index in [2.05, 4.69) is 50.2 Å². The summed E-state index contributed by atoms with van der Waals surface area (Å²) in [6.45, 7) is 5.05. The van der Waals surface area contributed by atoms with Gasteiger partial charge in [0.2, 0.25) is 0 Å². The van der Waals surface area contributed by atoms with Gasteiger partial charge in [0.05, 0.1) is 6.61 Å². The van der Waals surface area contributed by atoms with Gasteiger partial charge in [-0.2, -0.15) is 0 Å². The molecular formula is C19H25NO. The number of hydrogen-bond donors (Lipinski definition) is 1. The topological polar surface area (TPSA) is 35.2 Å². The van der Waals surface area contributed by atoms with Crippen LogP contribution < -0.4 is 10.5 Å². The molecule has 0 fully saturated rings. The lowest BCUT2D eigenvalue weighted by Crippen LogP contribution is -2.13. The third-order valence-electron chi connectivity index (χ3n) is 3.61. The molecule has 0 aromatic heterocycles. The molecule has 0 spiro atoms. The Bertz CT molecular complexity index is 548. The molecule has 0 bridgehead atoms. The lowest BCUT2D eigenvalue weighted by molar-refractivity contribution is 0.309. The second kappa shape index (κ2) is 7.84. The van der Waals surface area contributed by atoms with Crippen LogP contribution in [0.15, 0.2) is 48.5 Å². The molecule has 21 heavy (non-hydrogen) atoms. The molecule has 2 nitrogen and oxygen atoms in total. The van der Waals surface area contributed by atoms with Crippen molar-refractivity contribution in [2.24, 2.45) is 5.73 Å². The van der Waals surface area contributed by atoms with Gasteiger partial charge in [0.25, 0.3) is 0 Å². The van der Waals surface area contributed by atoms with Gasteiger partial charge in [0.15, 0.2) is 0 Å². The summed E-state index contributed by atoms with van der Waals surface area (Å²) in [4.78, 5) is 0. The van der Waals surface area contributed by atoms with Crippen molar-refractivity contribution in [3.63, 3.8) is 0 Å². The van der Waals surface area contributed by atoms with Gasteiger partial charge >= 0.3 is 0 Å². The van der Waals surface area contributed by atoms with Crippen LogP contribution in [0.3, 0.4) is 0 Å². The maximum absolute atomic E-state index is 6.31. The third-order valence-corrected chi connectivity index (χ3v) is 3.61. The van der Waals surface area contributed by atoms with Crippen molar-refractivity contribution in [3.05, 3.63) is 65.2 Å². The van der Waals surface area contributed by atoms with E-state index in [-0.39, 0.29) is 6.04 Å². The minimum Gasteiger partial charge on any atom is -0.494 e. The molecule has 1 atom stereocenters. The molecule has 2 aromatic rings. The predicted octanol–water partition coefficient (Wildman–Crippen LogP) is 4.42. The smallest absolute Gasteiger partial charge is 0.119 e. The summed E-state index contributed by atoms with van der Waals surface area (Å²) in [5.41, 5.74) is 10.0. The molecule has 0 amide bonds. The van der Waals surface area contributed by atoms with Crippen LogP contribution in [0, 0.1) is 6.92 Å². The fraction of sp³-hybridized carbons (Fsp3) is 0.368. The molecular weight excluding hydrogens is 258 g/mol. The Labute approximate surface area is 127 Å². The van der Waals surface area contributed by atoms with E-state index in [0.29, 0.717) is 0 Å². The maximum Gasteiger partial charge on any atom is 0.119 e. The molecule has 2 aromatic carbocycles. The SMILES string of the molecule is CCCCOc1ccc(C(N)Cc2cccc(C)c2)cc1. The highest BCUT2D eigenvalue weighted by Crippen LogP contribution is 2.20. The third kappa shape index (κ3) is 4.91. The summed E-state index contributed by atoms with van der Waals surface area (Å²) in [5, 5.41) is 0. The highest BCUT2D eigenvalue weighted by Gasteiger charge is 2.07. The van der Waals surface area contributed by atoms with E-state index < -0.39 is 0 Å². The maximum atomic E-state index is 6.31. The molecule has 0 heterocycles. The van der Waals surface area contributed by atoms with Crippen molar-refractivity contribution in [3.8, 4) is 5.75 Å². The number of nitrogens with two attached hydrogens (primary N) is 1. The van der Waals surface area contributed by atoms with Gasteiger partial charge in [-0.25, -0.2) is 0 Å². The normalized spacial score (nSPS) is 12.1. The first-order valence-electron chi connectivity index (χ1n) is 7.73. The Morgan fingerprint density at radius 3 is 2.52 bits per heavy atom. The van der Waals surface area contributed by atoms with Crippen molar-refractivity contribution < 1.29 is 4.74 Å². The standard InChI is InChI=1S/C19H25NO/c1-3-4-12-21-18-10-8-17(9-11-18)19(20)14-16-7-5-6-15(2)13-16/h5-11,13,19H,3-4,12,14,20H2,1-2H3. The van der Waals surface area contributed by atoms with Gasteiger partial charge in [-0.3, -0.25) is 0 Å². The largest absolute Gasteiger partial charge is 0.494 e. The lowest BCUT2D eigenvalue weighted by Gasteiger charge is -2.13. The Morgan fingerprint density at radius 1 is 1.10 bits per heavy atom. The zero-order chi connectivity index (χ0) is 15.1. The molecule has 2 N–H and O–H groups in total. The van der Waals surface area contributed by atoms with E-state index in [1.807, 2.05) is 12.1 Å². The lowest BCUT2D eigenvalue weighted by atomic mass is 9.99. The summed E-state index contributed by atoms with van der Waals surface area (Å²) in [5.74, 6) is 0.926. The van der Waals surface area contributed by atoms with Gasteiger partial charge in [0.1, 0.15) is 5.75 Å². The summed E-state index contributed by atoms with van der Waals surface area (Å²) in [7, 11) is 0. The number of ether oxygens (including phenoxy) is 1. The second-order valence-electron chi connectivity index (χ2n) is 5.57. The zero-order valence-corrected chi connectivity index (χ0v) is 13.0. The van der Waals surface area contributed by atoms with Gasteiger partial charge in [-0.15, -0.1) is 0 Å². The van der Waals surface area contributed by atoms with Crippen molar-refractivity contribution in [1.82, 2.24) is 0 Å². The molecule has 0 aliphatic rings. The average Bonchev–Trinajstić information content (AvgIpc) is 2.48. The molecule has 0 aliphatic carbocycles. The second-order valence-corrected chi connectivity index (χ2v) is 5.57. The molecule has 0 aliphatic heterocycles. The minimum atomic E-state index is 0.0245. The van der Waals surface area contributed by atoms with Crippen molar-refractivity contribution in [1.29, 1.82) is 0 Å². The van der Waals surface area contributed by atoms with Gasteiger partial charge in [-0.1, -0.05) is 55.3 Å². The van der Waals surface area contributed by atoms with E-state index >= 15 is 0 Å². The van der Waals surface area contributed by atoms with E-state index in [1.54, 1.807) is 0 Å². The average molecular weight is 283 g/mol. The number of aryl methyl sites for hydroxylation is 1. The zero-order valence-electron chi connectivity index (χ0n) is 13.0. The molecule has 2 heteroatoms. The fourth-order valence-electron chi connectivity index (χ4n) is 2.36. The Kier molecular flexibility index (Phi) is 5.82. The van der Waals surface area contributed by atoms with Crippen molar-refractivity contribution >= 4 is 0 Å². The first-order valence-corrected chi connectivity index (χ1v) is 7.73. The van der Waals surface area contributed by atoms with Crippen LogP contribution in [0.4, 0.5) is 0 Å². The highest BCUT2D eigenvalue weighted by molar-refractivity contribution is 5.31. The molecule has 0 radical (unpaired) electrons. The predicted molar refractivity (Wildman–Crippen MR) is 88.7 cm³/mol. The summed E-state index contributed by atoms with van der Waals surface area (Å²) >= 11 is 0. The highest BCUT2D eigenvalue weighted by atomic mass is 16.5. The van der Waals surface area contributed by atoms with E-state index in [9.17, 15) is 0 Å². The van der Waals surface area contributed by atoms with Crippen LogP contribution in [-0.2, 0) is 6.42 Å². The van der Waals surface area contributed by atoms with E-state index in [4.69, 9.17) is 10.5 Å². The van der Waals surface area contributed by atoms with Gasteiger partial charge in [0, 0.05) is 6.04 Å². The Balaban J connectivity index is 1.94. The number of unbranched alkanes of at least 4 members (excludes halogenated alkanes) is 1.